The zero-order chi connectivity index (χ0) is 18.4. The van der Waals surface area contributed by atoms with E-state index in [1.807, 2.05) is 18.2 Å². The van der Waals surface area contributed by atoms with Crippen LogP contribution in [0.15, 0.2) is 23.0 Å². The third kappa shape index (κ3) is 3.38. The molecule has 0 saturated carbocycles. The second-order valence-corrected chi connectivity index (χ2v) is 8.07. The molecule has 134 valence electrons. The van der Waals surface area contributed by atoms with E-state index in [-0.39, 0.29) is 17.0 Å². The van der Waals surface area contributed by atoms with Crippen LogP contribution in [0.1, 0.15) is 45.7 Å². The van der Waals surface area contributed by atoms with Gasteiger partial charge in [0, 0.05) is 13.6 Å². The fourth-order valence-electron chi connectivity index (χ4n) is 3.37. The summed E-state index contributed by atoms with van der Waals surface area (Å²) in [5, 5.41) is 9.11. The molecule has 2 aromatic rings. The molecule has 0 saturated heterocycles. The Morgan fingerprint density at radius 2 is 2.08 bits per heavy atom. The molecule has 1 atom stereocenters. The summed E-state index contributed by atoms with van der Waals surface area (Å²) < 4.78 is 3.37. The second-order valence-electron chi connectivity index (χ2n) is 8.07. The molecular weight excluding hydrogens is 318 g/mol. The van der Waals surface area contributed by atoms with Crippen molar-refractivity contribution in [1.82, 2.24) is 14.1 Å². The Labute approximate surface area is 146 Å². The third-order valence-corrected chi connectivity index (χ3v) is 4.70. The lowest BCUT2D eigenvalue weighted by atomic mass is 9.88. The van der Waals surface area contributed by atoms with Gasteiger partial charge in [0.05, 0.1) is 17.1 Å². The van der Waals surface area contributed by atoms with Crippen molar-refractivity contribution in [2.45, 2.75) is 46.6 Å². The number of aromatic nitrogens is 3. The average Bonchev–Trinajstić information content (AvgIpc) is 2.78. The van der Waals surface area contributed by atoms with E-state index in [2.05, 4.69) is 20.8 Å². The molecule has 0 aliphatic heterocycles. The number of nitrogens with zero attached hydrogens (tertiary/aromatic N) is 3. The van der Waals surface area contributed by atoms with Crippen molar-refractivity contribution < 1.29 is 9.90 Å². The zero-order valence-corrected chi connectivity index (χ0v) is 15.2. The molecule has 1 aliphatic carbocycles. The quantitative estimate of drug-likeness (QED) is 0.929. The van der Waals surface area contributed by atoms with Crippen molar-refractivity contribution >= 4 is 22.7 Å². The molecule has 0 spiro atoms. The van der Waals surface area contributed by atoms with Gasteiger partial charge in [0.15, 0.2) is 5.65 Å². The minimum Gasteiger partial charge on any atom is -0.481 e. The first-order chi connectivity index (χ1) is 11.7. The lowest BCUT2D eigenvalue weighted by molar-refractivity contribution is -0.141. The minimum absolute atomic E-state index is 0.00543. The molecule has 25 heavy (non-hydrogen) atoms. The Morgan fingerprint density at radius 3 is 2.64 bits per heavy atom. The summed E-state index contributed by atoms with van der Waals surface area (Å²) in [4.78, 5) is 28.4. The van der Waals surface area contributed by atoms with Gasteiger partial charge in [0.2, 0.25) is 0 Å². The van der Waals surface area contributed by atoms with E-state index < -0.39 is 5.97 Å². The van der Waals surface area contributed by atoms with E-state index >= 15 is 0 Å². The van der Waals surface area contributed by atoms with Crippen LogP contribution >= 0.6 is 0 Å². The fourth-order valence-corrected chi connectivity index (χ4v) is 3.37. The van der Waals surface area contributed by atoms with E-state index in [1.54, 1.807) is 16.2 Å². The fraction of sp³-hybridized carbons (Fsp3) is 0.526. The van der Waals surface area contributed by atoms with Gasteiger partial charge in [0.1, 0.15) is 0 Å². The number of rotatable bonds is 3. The van der Waals surface area contributed by atoms with Crippen LogP contribution in [0.3, 0.4) is 0 Å². The van der Waals surface area contributed by atoms with Crippen LogP contribution in [-0.4, -0.2) is 25.2 Å². The summed E-state index contributed by atoms with van der Waals surface area (Å²) in [5.41, 5.74) is 3.35. The van der Waals surface area contributed by atoms with Crippen LogP contribution in [-0.2, 0) is 18.4 Å². The van der Waals surface area contributed by atoms with Gasteiger partial charge >= 0.3 is 11.7 Å². The van der Waals surface area contributed by atoms with Gasteiger partial charge < -0.3 is 5.11 Å². The molecule has 0 radical (unpaired) electrons. The Bertz CT molecular complexity index is 912. The number of aliphatic carboxylic acids is 1. The van der Waals surface area contributed by atoms with Gasteiger partial charge in [-0.25, -0.2) is 9.78 Å². The Morgan fingerprint density at radius 1 is 1.36 bits per heavy atom. The van der Waals surface area contributed by atoms with Crippen molar-refractivity contribution in [3.8, 4) is 0 Å². The van der Waals surface area contributed by atoms with Crippen LogP contribution in [0.4, 0.5) is 0 Å². The van der Waals surface area contributed by atoms with Crippen LogP contribution in [0.5, 0.6) is 0 Å². The molecule has 2 heterocycles. The molecule has 0 amide bonds. The van der Waals surface area contributed by atoms with E-state index in [0.29, 0.717) is 31.5 Å². The van der Waals surface area contributed by atoms with Crippen molar-refractivity contribution in [3.05, 3.63) is 34.4 Å². The summed E-state index contributed by atoms with van der Waals surface area (Å²) in [7, 11) is 1.75. The molecule has 2 aromatic heterocycles. The number of carboxylic acid groups (broad SMARTS) is 1. The highest BCUT2D eigenvalue weighted by atomic mass is 16.4. The molecule has 1 N–H and O–H groups in total. The van der Waals surface area contributed by atoms with Gasteiger partial charge in [-0.2, -0.15) is 0 Å². The molecular formula is C19H25N3O3. The first-order valence-corrected chi connectivity index (χ1v) is 8.66. The number of hydrogen-bond acceptors (Lipinski definition) is 3. The lowest BCUT2D eigenvalue weighted by Gasteiger charge is -2.19. The number of carboxylic acids is 1. The molecule has 1 aliphatic rings. The molecule has 1 unspecified atom stereocenters. The Hall–Kier alpha value is -2.37. The summed E-state index contributed by atoms with van der Waals surface area (Å²) >= 11 is 0. The SMILES string of the molecule is Cn1c(=O)n(CC(C)(C)C)c2ccc(C3=CCC(C(=O)O)CC3)nc21. The number of allylic oxidation sites excluding steroid dienone is 2. The molecule has 3 rings (SSSR count). The van der Waals surface area contributed by atoms with E-state index in [9.17, 15) is 9.59 Å². The van der Waals surface area contributed by atoms with Crippen molar-refractivity contribution in [3.63, 3.8) is 0 Å². The number of aryl methyl sites for hydroxylation is 1. The molecule has 0 aromatic carbocycles. The summed E-state index contributed by atoms with van der Waals surface area (Å²) in [6.45, 7) is 6.94. The molecule has 6 nitrogen and oxygen atoms in total. The maximum absolute atomic E-state index is 12.6. The predicted molar refractivity (Wildman–Crippen MR) is 97.4 cm³/mol. The zero-order valence-electron chi connectivity index (χ0n) is 15.2. The first kappa shape index (κ1) is 17.5. The largest absolute Gasteiger partial charge is 0.481 e. The molecule has 6 heteroatoms. The average molecular weight is 343 g/mol. The number of fused-ring (bicyclic) bond motifs is 1. The van der Waals surface area contributed by atoms with E-state index in [0.717, 1.165) is 16.8 Å². The monoisotopic (exact) mass is 343 g/mol. The first-order valence-electron chi connectivity index (χ1n) is 8.66. The van der Waals surface area contributed by atoms with E-state index in [1.165, 1.54) is 0 Å². The van der Waals surface area contributed by atoms with Crippen LogP contribution in [0.25, 0.3) is 16.7 Å². The van der Waals surface area contributed by atoms with Crippen LogP contribution in [0, 0.1) is 11.3 Å². The summed E-state index contributed by atoms with van der Waals surface area (Å²) in [6, 6.07) is 3.89. The topological polar surface area (TPSA) is 77.1 Å². The minimum atomic E-state index is -0.736. The molecule has 0 fully saturated rings. The summed E-state index contributed by atoms with van der Waals surface area (Å²) in [5.74, 6) is -1.04. The van der Waals surface area contributed by atoms with Gasteiger partial charge in [-0.05, 0) is 42.4 Å². The van der Waals surface area contributed by atoms with Crippen molar-refractivity contribution in [2.75, 3.05) is 0 Å². The maximum Gasteiger partial charge on any atom is 0.330 e. The van der Waals surface area contributed by atoms with Crippen molar-refractivity contribution in [1.29, 1.82) is 0 Å². The van der Waals surface area contributed by atoms with Gasteiger partial charge in [0.25, 0.3) is 0 Å². The number of pyridine rings is 1. The van der Waals surface area contributed by atoms with Crippen LogP contribution < -0.4 is 5.69 Å². The Kier molecular flexibility index (Phi) is 4.31. The molecule has 0 bridgehead atoms. The van der Waals surface area contributed by atoms with Crippen LogP contribution in [0.2, 0.25) is 0 Å². The highest BCUT2D eigenvalue weighted by molar-refractivity contribution is 5.77. The van der Waals surface area contributed by atoms with Gasteiger partial charge in [-0.15, -0.1) is 0 Å². The third-order valence-electron chi connectivity index (χ3n) is 4.70. The van der Waals surface area contributed by atoms with Gasteiger partial charge in [-0.3, -0.25) is 13.9 Å². The number of imidazole rings is 1. The highest BCUT2D eigenvalue weighted by Gasteiger charge is 2.23. The highest BCUT2D eigenvalue weighted by Crippen LogP contribution is 2.30. The van der Waals surface area contributed by atoms with Gasteiger partial charge in [-0.1, -0.05) is 26.8 Å². The van der Waals surface area contributed by atoms with Crippen molar-refractivity contribution in [2.24, 2.45) is 18.4 Å². The number of hydrogen-bond donors (Lipinski definition) is 1. The maximum atomic E-state index is 12.6. The van der Waals surface area contributed by atoms with E-state index in [4.69, 9.17) is 10.1 Å². The summed E-state index contributed by atoms with van der Waals surface area (Å²) in [6.07, 6.45) is 3.84. The smallest absolute Gasteiger partial charge is 0.330 e. The second kappa shape index (κ2) is 6.17. The lowest BCUT2D eigenvalue weighted by Crippen LogP contribution is -2.27. The predicted octanol–water partition coefficient (Wildman–Crippen LogP) is 3.05. The number of carbonyl (C=O) groups is 1. The Balaban J connectivity index is 2.00. The standard InChI is InChI=1S/C19H25N3O3/c1-19(2,3)11-22-15-10-9-14(20-16(15)21(4)18(22)25)12-5-7-13(8-6-12)17(23)24/h5,9-10,13H,6-8,11H2,1-4H3,(H,23,24). The normalized spacial score (nSPS) is 18.4.